The summed E-state index contributed by atoms with van der Waals surface area (Å²) in [4.78, 5) is 16.5. The lowest BCUT2D eigenvalue weighted by Gasteiger charge is -2.18. The highest BCUT2D eigenvalue weighted by molar-refractivity contribution is 5.95. The van der Waals surface area contributed by atoms with Crippen LogP contribution >= 0.6 is 0 Å². The van der Waals surface area contributed by atoms with Gasteiger partial charge >= 0.3 is 0 Å². The maximum atomic E-state index is 8.25. The minimum absolute atomic E-state index is 0.931. The predicted octanol–water partition coefficient (Wildman–Crippen LogP) is 6.47. The monoisotopic (exact) mass is 592 g/mol. The highest BCUT2D eigenvalue weighted by Crippen LogP contribution is 2.40. The molecule has 4 N–H and O–H groups in total. The highest BCUT2D eigenvalue weighted by atomic mass is 16.9. The van der Waals surface area contributed by atoms with Crippen LogP contribution in [-0.4, -0.2) is 10.2 Å². The smallest absolute Gasteiger partial charge is 0.189 e. The molecule has 0 amide bonds. The topological polar surface area (TPSA) is 184 Å². The molecule has 2 aliphatic heterocycles. The van der Waals surface area contributed by atoms with E-state index in [0.717, 1.165) is 34.4 Å². The molecule has 8 rings (SSSR count). The van der Waals surface area contributed by atoms with E-state index in [2.05, 4.69) is 83.4 Å². The molecule has 0 spiro atoms. The Hall–Kier alpha value is -6.24. The molecule has 0 radical (unpaired) electrons. The summed E-state index contributed by atoms with van der Waals surface area (Å²) in [5.41, 5.74) is 4.63. The molecule has 44 heavy (non-hydrogen) atoms. The summed E-state index contributed by atoms with van der Waals surface area (Å²) < 4.78 is 11.9. The summed E-state index contributed by atoms with van der Waals surface area (Å²) in [6.07, 6.45) is 0. The van der Waals surface area contributed by atoms with Crippen LogP contribution in [-0.2, 0) is 0 Å². The van der Waals surface area contributed by atoms with Crippen LogP contribution in [0.5, 0.6) is 23.0 Å². The molecule has 0 aromatic heterocycles. The summed E-state index contributed by atoms with van der Waals surface area (Å²) >= 11 is 0. The van der Waals surface area contributed by atoms with Crippen molar-refractivity contribution in [2.45, 2.75) is 0 Å². The van der Waals surface area contributed by atoms with Gasteiger partial charge in [-0.3, -0.25) is 10.6 Å². The second-order valence-corrected chi connectivity index (χ2v) is 9.41. The van der Waals surface area contributed by atoms with Gasteiger partial charge < -0.3 is 40.1 Å². The van der Waals surface area contributed by atoms with E-state index >= 15 is 0 Å². The van der Waals surface area contributed by atoms with Crippen molar-refractivity contribution >= 4 is 44.3 Å². The Morgan fingerprint density at radius 3 is 1.18 bits per heavy atom. The van der Waals surface area contributed by atoms with Crippen molar-refractivity contribution in [3.8, 4) is 23.0 Å². The SMILES string of the molecule is O=[N+]([O-])[O-].O=[N+]([O-])[O-].c1ccc2c(c1)[NH2+]c1c(ccc3ccccc13)O2.c1ccc2c(c1)[NH2+]c1c(ccc3ccccc13)O2. The molecule has 0 bridgehead atoms. The number of benzene rings is 6. The normalized spacial score (nSPS) is 11.5. The van der Waals surface area contributed by atoms with Crippen molar-refractivity contribution in [2.75, 3.05) is 0 Å². The third-order valence-corrected chi connectivity index (χ3v) is 6.74. The minimum atomic E-state index is -1.75. The maximum Gasteiger partial charge on any atom is 0.189 e. The van der Waals surface area contributed by atoms with Gasteiger partial charge in [-0.2, -0.15) is 0 Å². The number of para-hydroxylation sites is 4. The lowest BCUT2D eigenvalue weighted by Crippen LogP contribution is -2.72. The molecule has 2 aliphatic rings. The average Bonchev–Trinajstić information content (AvgIpc) is 3.02. The fraction of sp³-hybridized carbons (Fsp3) is 0. The molecule has 0 atom stereocenters. The summed E-state index contributed by atoms with van der Waals surface area (Å²) in [5, 5.41) is 38.9. The van der Waals surface area contributed by atoms with Crippen molar-refractivity contribution in [1.29, 1.82) is 0 Å². The van der Waals surface area contributed by atoms with E-state index in [4.69, 9.17) is 40.1 Å². The standard InChI is InChI=1S/2C16H11NO.2NO3/c2*1-2-6-12-11(5-1)9-10-15-16(12)17-13-7-3-4-8-14(13)18-15;2*2-1(3)4/h2*1-10,17H;;/q;;2*-1/p+2. The van der Waals surface area contributed by atoms with Gasteiger partial charge in [0.1, 0.15) is 0 Å². The molecular formula is C32H24N4O8. The molecule has 0 fully saturated rings. The van der Waals surface area contributed by atoms with E-state index in [1.807, 2.05) is 48.5 Å². The molecule has 0 saturated carbocycles. The zero-order valence-corrected chi connectivity index (χ0v) is 22.9. The fourth-order valence-electron chi connectivity index (χ4n) is 4.96. The highest BCUT2D eigenvalue weighted by Gasteiger charge is 2.23. The van der Waals surface area contributed by atoms with Crippen LogP contribution in [0.2, 0.25) is 0 Å². The number of hydrogen-bond acceptors (Lipinski definition) is 8. The Kier molecular flexibility index (Phi) is 8.75. The van der Waals surface area contributed by atoms with Crippen molar-refractivity contribution in [2.24, 2.45) is 0 Å². The first-order valence-corrected chi connectivity index (χ1v) is 13.2. The minimum Gasteiger partial charge on any atom is -0.445 e. The van der Waals surface area contributed by atoms with Crippen LogP contribution < -0.4 is 20.1 Å². The zero-order chi connectivity index (χ0) is 31.1. The molecule has 12 nitrogen and oxygen atoms in total. The van der Waals surface area contributed by atoms with Crippen molar-refractivity contribution < 1.29 is 30.3 Å². The Morgan fingerprint density at radius 1 is 0.432 bits per heavy atom. The molecule has 220 valence electrons. The maximum absolute atomic E-state index is 8.25. The van der Waals surface area contributed by atoms with Gasteiger partial charge in [0.05, 0.1) is 10.2 Å². The van der Waals surface area contributed by atoms with Gasteiger partial charge in [-0.05, 0) is 47.2 Å². The van der Waals surface area contributed by atoms with Crippen molar-refractivity contribution in [3.05, 3.63) is 152 Å². The Bertz CT molecular complexity index is 1830. The first-order valence-electron chi connectivity index (χ1n) is 13.2. The number of hydrogen-bond donors (Lipinski definition) is 2. The van der Waals surface area contributed by atoms with Crippen LogP contribution in [0.3, 0.4) is 0 Å². The number of rotatable bonds is 0. The van der Waals surface area contributed by atoms with Gasteiger partial charge in [-0.1, -0.05) is 72.8 Å². The Balaban J connectivity index is 0.000000141. The number of nitrogens with zero attached hydrogens (tertiary/aromatic N) is 2. The third-order valence-electron chi connectivity index (χ3n) is 6.74. The van der Waals surface area contributed by atoms with Gasteiger partial charge in [0.2, 0.25) is 0 Å². The summed E-state index contributed by atoms with van der Waals surface area (Å²) in [6, 6.07) is 41.3. The summed E-state index contributed by atoms with van der Waals surface area (Å²) in [5.74, 6) is 3.74. The molecule has 6 aromatic carbocycles. The van der Waals surface area contributed by atoms with E-state index in [-0.39, 0.29) is 0 Å². The quantitative estimate of drug-likeness (QED) is 0.114. The second-order valence-electron chi connectivity index (χ2n) is 9.41. The molecule has 6 aromatic rings. The largest absolute Gasteiger partial charge is 0.445 e. The summed E-state index contributed by atoms with van der Waals surface area (Å²) in [6.45, 7) is 0. The van der Waals surface area contributed by atoms with Crippen molar-refractivity contribution in [3.63, 3.8) is 0 Å². The van der Waals surface area contributed by atoms with Gasteiger partial charge in [-0.15, -0.1) is 0 Å². The molecule has 0 saturated heterocycles. The first-order chi connectivity index (χ1) is 21.3. The lowest BCUT2D eigenvalue weighted by atomic mass is 10.1. The van der Waals surface area contributed by atoms with Crippen LogP contribution in [0.25, 0.3) is 21.5 Å². The average molecular weight is 593 g/mol. The number of ether oxygens (including phenoxy) is 2. The molecule has 0 aliphatic carbocycles. The number of fused-ring (bicyclic) bond motifs is 8. The van der Waals surface area contributed by atoms with E-state index in [9.17, 15) is 0 Å². The van der Waals surface area contributed by atoms with E-state index in [1.165, 1.54) is 32.9 Å². The van der Waals surface area contributed by atoms with E-state index in [1.54, 1.807) is 0 Å². The van der Waals surface area contributed by atoms with Crippen molar-refractivity contribution in [1.82, 2.24) is 0 Å². The first kappa shape index (κ1) is 29.3. The molecule has 12 heteroatoms. The molecular weight excluding hydrogens is 568 g/mol. The van der Waals surface area contributed by atoms with Crippen LogP contribution in [0.4, 0.5) is 22.7 Å². The van der Waals surface area contributed by atoms with E-state index in [0.29, 0.717) is 0 Å². The fourth-order valence-corrected chi connectivity index (χ4v) is 4.96. The summed E-state index contributed by atoms with van der Waals surface area (Å²) in [7, 11) is 0. The molecule has 0 unspecified atom stereocenters. The third kappa shape index (κ3) is 6.79. The predicted molar refractivity (Wildman–Crippen MR) is 164 cm³/mol. The van der Waals surface area contributed by atoms with Crippen LogP contribution in [0.15, 0.2) is 121 Å². The van der Waals surface area contributed by atoms with Gasteiger partial charge in [-0.25, -0.2) is 0 Å². The second kappa shape index (κ2) is 13.2. The number of quaternary nitrogens is 2. The van der Waals surface area contributed by atoms with E-state index < -0.39 is 10.2 Å². The van der Waals surface area contributed by atoms with Crippen LogP contribution in [0.1, 0.15) is 0 Å². The Labute approximate surface area is 249 Å². The van der Waals surface area contributed by atoms with Crippen LogP contribution in [0, 0.1) is 30.6 Å². The van der Waals surface area contributed by atoms with Gasteiger partial charge in [0.15, 0.2) is 45.7 Å². The number of nitrogens with two attached hydrogens (primary N) is 2. The Morgan fingerprint density at radius 2 is 0.773 bits per heavy atom. The molecule has 2 heterocycles. The van der Waals surface area contributed by atoms with Gasteiger partial charge in [0.25, 0.3) is 0 Å². The zero-order valence-electron chi connectivity index (χ0n) is 22.9. The van der Waals surface area contributed by atoms with Gasteiger partial charge in [0, 0.05) is 22.9 Å². The lowest BCUT2D eigenvalue weighted by molar-refractivity contribution is -0.481.